The zero-order valence-corrected chi connectivity index (χ0v) is 11.1. The van der Waals surface area contributed by atoms with Crippen LogP contribution in [-0.2, 0) is 6.54 Å². The van der Waals surface area contributed by atoms with Crippen molar-refractivity contribution in [3.8, 4) is 11.5 Å². The van der Waals surface area contributed by atoms with Crippen molar-refractivity contribution in [1.29, 1.82) is 0 Å². The second-order valence-electron chi connectivity index (χ2n) is 4.17. The van der Waals surface area contributed by atoms with Gasteiger partial charge >= 0.3 is 0 Å². The van der Waals surface area contributed by atoms with Crippen LogP contribution in [0.25, 0.3) is 0 Å². The molecule has 0 amide bonds. The largest absolute Gasteiger partial charge is 0.494 e. The molecule has 0 fully saturated rings. The molecule has 0 aliphatic carbocycles. The fourth-order valence-electron chi connectivity index (χ4n) is 1.61. The third-order valence-corrected chi connectivity index (χ3v) is 2.55. The van der Waals surface area contributed by atoms with Gasteiger partial charge in [-0.3, -0.25) is 4.68 Å². The van der Waals surface area contributed by atoms with Crippen molar-refractivity contribution < 1.29 is 9.47 Å². The normalized spacial score (nSPS) is 10.4. The predicted octanol–water partition coefficient (Wildman–Crippen LogP) is 2.33. The molecule has 0 radical (unpaired) electrons. The van der Waals surface area contributed by atoms with Gasteiger partial charge in [-0.1, -0.05) is 6.92 Å². The van der Waals surface area contributed by atoms with Gasteiger partial charge in [-0.25, -0.2) is 0 Å². The molecule has 2 rings (SSSR count). The van der Waals surface area contributed by atoms with Crippen molar-refractivity contribution in [3.63, 3.8) is 0 Å². The number of nitrogens with zero attached hydrogens (tertiary/aromatic N) is 2. The Hall–Kier alpha value is -2.17. The average molecular weight is 261 g/mol. The lowest BCUT2D eigenvalue weighted by Gasteiger charge is -2.08. The highest BCUT2D eigenvalue weighted by atomic mass is 16.5. The molecular formula is C14H19N3O2. The standard InChI is InChI=1S/C14H19N3O2/c1-2-10-18-12-3-5-13(6-4-12)19-11-9-17-8-7-14(15)16-17/h3-8H,2,9-11H2,1H3,(H2,15,16). The van der Waals surface area contributed by atoms with E-state index in [1.54, 1.807) is 10.7 Å². The molecule has 2 N–H and O–H groups in total. The molecule has 0 saturated carbocycles. The van der Waals surface area contributed by atoms with E-state index in [1.165, 1.54) is 0 Å². The number of nitrogen functional groups attached to an aromatic ring is 1. The zero-order chi connectivity index (χ0) is 13.5. The third-order valence-electron chi connectivity index (χ3n) is 2.55. The lowest BCUT2D eigenvalue weighted by molar-refractivity contribution is 0.289. The van der Waals surface area contributed by atoms with E-state index in [9.17, 15) is 0 Å². The Labute approximate surface area is 112 Å². The fraction of sp³-hybridized carbons (Fsp3) is 0.357. The Kier molecular flexibility index (Phi) is 4.66. The summed E-state index contributed by atoms with van der Waals surface area (Å²) in [5, 5.41) is 4.08. The minimum absolute atomic E-state index is 0.525. The molecule has 0 aliphatic heterocycles. The molecule has 19 heavy (non-hydrogen) atoms. The van der Waals surface area contributed by atoms with Gasteiger partial charge in [0.1, 0.15) is 23.9 Å². The summed E-state index contributed by atoms with van der Waals surface area (Å²) in [6.45, 7) is 4.04. The van der Waals surface area contributed by atoms with E-state index in [0.717, 1.165) is 24.5 Å². The van der Waals surface area contributed by atoms with E-state index in [-0.39, 0.29) is 0 Å². The van der Waals surface area contributed by atoms with Gasteiger partial charge in [-0.2, -0.15) is 5.10 Å². The average Bonchev–Trinajstić information content (AvgIpc) is 2.84. The SMILES string of the molecule is CCCOc1ccc(OCCn2ccc(N)n2)cc1. The molecule has 5 nitrogen and oxygen atoms in total. The van der Waals surface area contributed by atoms with E-state index in [2.05, 4.69) is 12.0 Å². The van der Waals surface area contributed by atoms with Crippen LogP contribution in [0.1, 0.15) is 13.3 Å². The van der Waals surface area contributed by atoms with Crippen LogP contribution < -0.4 is 15.2 Å². The number of hydrogen-bond acceptors (Lipinski definition) is 4. The summed E-state index contributed by atoms with van der Waals surface area (Å²) in [5.74, 6) is 2.22. The van der Waals surface area contributed by atoms with Crippen molar-refractivity contribution in [2.24, 2.45) is 0 Å². The molecule has 1 aromatic heterocycles. The number of nitrogens with two attached hydrogens (primary N) is 1. The van der Waals surface area contributed by atoms with Gasteiger partial charge in [0, 0.05) is 6.20 Å². The zero-order valence-electron chi connectivity index (χ0n) is 11.1. The summed E-state index contributed by atoms with van der Waals surface area (Å²) in [6, 6.07) is 9.40. The molecule has 0 atom stereocenters. The summed E-state index contributed by atoms with van der Waals surface area (Å²) < 4.78 is 12.9. The monoisotopic (exact) mass is 261 g/mol. The van der Waals surface area contributed by atoms with Crippen molar-refractivity contribution in [2.75, 3.05) is 18.9 Å². The van der Waals surface area contributed by atoms with Crippen LogP contribution in [0.15, 0.2) is 36.5 Å². The quantitative estimate of drug-likeness (QED) is 0.831. The number of anilines is 1. The van der Waals surface area contributed by atoms with Crippen LogP contribution in [-0.4, -0.2) is 23.0 Å². The van der Waals surface area contributed by atoms with Crippen molar-refractivity contribution in [2.45, 2.75) is 19.9 Å². The maximum atomic E-state index is 5.62. The summed E-state index contributed by atoms with van der Waals surface area (Å²) >= 11 is 0. The molecular weight excluding hydrogens is 242 g/mol. The number of benzene rings is 1. The van der Waals surface area contributed by atoms with Crippen LogP contribution in [0, 0.1) is 0 Å². The minimum Gasteiger partial charge on any atom is -0.494 e. The maximum absolute atomic E-state index is 5.62. The van der Waals surface area contributed by atoms with E-state index < -0.39 is 0 Å². The van der Waals surface area contributed by atoms with Crippen LogP contribution >= 0.6 is 0 Å². The van der Waals surface area contributed by atoms with Gasteiger partial charge in [-0.15, -0.1) is 0 Å². The van der Waals surface area contributed by atoms with E-state index in [0.29, 0.717) is 19.0 Å². The van der Waals surface area contributed by atoms with Crippen molar-refractivity contribution in [1.82, 2.24) is 9.78 Å². The number of ether oxygens (including phenoxy) is 2. The molecule has 2 aromatic rings. The second-order valence-corrected chi connectivity index (χ2v) is 4.17. The first-order valence-electron chi connectivity index (χ1n) is 6.42. The molecule has 1 heterocycles. The van der Waals surface area contributed by atoms with Gasteiger partial charge in [0.15, 0.2) is 0 Å². The van der Waals surface area contributed by atoms with Crippen LogP contribution in [0.3, 0.4) is 0 Å². The molecule has 1 aromatic carbocycles. The summed E-state index contributed by atoms with van der Waals surface area (Å²) in [4.78, 5) is 0. The molecule has 0 spiro atoms. The molecule has 0 unspecified atom stereocenters. The fourth-order valence-corrected chi connectivity index (χ4v) is 1.61. The minimum atomic E-state index is 0.525. The first kappa shape index (κ1) is 13.3. The first-order chi connectivity index (χ1) is 9.28. The number of aromatic nitrogens is 2. The Balaban J connectivity index is 1.76. The molecule has 0 saturated heterocycles. The number of rotatable bonds is 7. The van der Waals surface area contributed by atoms with Gasteiger partial charge in [0.2, 0.25) is 0 Å². The second kappa shape index (κ2) is 6.68. The van der Waals surface area contributed by atoms with Crippen LogP contribution in [0.5, 0.6) is 11.5 Å². The topological polar surface area (TPSA) is 62.3 Å². The van der Waals surface area contributed by atoms with Gasteiger partial charge < -0.3 is 15.2 Å². The highest BCUT2D eigenvalue weighted by Crippen LogP contribution is 2.17. The summed E-state index contributed by atoms with van der Waals surface area (Å²) in [6.07, 6.45) is 2.84. The van der Waals surface area contributed by atoms with Gasteiger partial charge in [0.25, 0.3) is 0 Å². The third kappa shape index (κ3) is 4.21. The van der Waals surface area contributed by atoms with Crippen LogP contribution in [0.2, 0.25) is 0 Å². The Morgan fingerprint density at radius 2 is 1.68 bits per heavy atom. The van der Waals surface area contributed by atoms with E-state index in [4.69, 9.17) is 15.2 Å². The highest BCUT2D eigenvalue weighted by Gasteiger charge is 1.98. The Bertz CT molecular complexity index is 494. The van der Waals surface area contributed by atoms with Crippen molar-refractivity contribution in [3.05, 3.63) is 36.5 Å². The molecule has 0 bridgehead atoms. The summed E-state index contributed by atoms with van der Waals surface area (Å²) in [5.41, 5.74) is 5.53. The van der Waals surface area contributed by atoms with Crippen molar-refractivity contribution >= 4 is 5.82 Å². The molecule has 102 valence electrons. The lowest BCUT2D eigenvalue weighted by Crippen LogP contribution is -2.08. The van der Waals surface area contributed by atoms with Crippen LogP contribution in [0.4, 0.5) is 5.82 Å². The molecule has 5 heteroatoms. The van der Waals surface area contributed by atoms with E-state index >= 15 is 0 Å². The smallest absolute Gasteiger partial charge is 0.145 e. The Morgan fingerprint density at radius 3 is 2.21 bits per heavy atom. The number of hydrogen-bond donors (Lipinski definition) is 1. The van der Waals surface area contributed by atoms with Gasteiger partial charge in [-0.05, 0) is 36.8 Å². The predicted molar refractivity (Wildman–Crippen MR) is 74.4 cm³/mol. The van der Waals surface area contributed by atoms with Gasteiger partial charge in [0.05, 0.1) is 13.2 Å². The van der Waals surface area contributed by atoms with E-state index in [1.807, 2.05) is 30.5 Å². The lowest BCUT2D eigenvalue weighted by atomic mass is 10.3. The molecule has 0 aliphatic rings. The highest BCUT2D eigenvalue weighted by molar-refractivity contribution is 5.31. The first-order valence-corrected chi connectivity index (χ1v) is 6.42. The maximum Gasteiger partial charge on any atom is 0.145 e. The summed E-state index contributed by atoms with van der Waals surface area (Å²) in [7, 11) is 0. The Morgan fingerprint density at radius 1 is 1.05 bits per heavy atom.